The molecule has 5 heteroatoms. The van der Waals surface area contributed by atoms with Gasteiger partial charge in [0.25, 0.3) is 0 Å². The summed E-state index contributed by atoms with van der Waals surface area (Å²) in [6.07, 6.45) is 0.316. The first-order valence-corrected chi connectivity index (χ1v) is 7.67. The molecule has 1 aliphatic carbocycles. The smallest absolute Gasteiger partial charge is 0.137 e. The van der Waals surface area contributed by atoms with Gasteiger partial charge in [-0.3, -0.25) is 4.79 Å². The summed E-state index contributed by atoms with van der Waals surface area (Å²) in [5.74, 6) is 0.590. The normalized spacial score (nSPS) is 26.7. The second kappa shape index (κ2) is 5.49. The third kappa shape index (κ3) is 2.55. The van der Waals surface area contributed by atoms with Gasteiger partial charge in [-0.15, -0.1) is 0 Å². The largest absolute Gasteiger partial charge is 0.497 e. The third-order valence-corrected chi connectivity index (χ3v) is 4.74. The Hall–Kier alpha value is -2.14. The topological polar surface area (TPSA) is 72.6 Å². The van der Waals surface area contributed by atoms with Crippen LogP contribution in [0.1, 0.15) is 42.3 Å². The number of hydrogen-bond acceptors (Lipinski definition) is 5. The van der Waals surface area contributed by atoms with E-state index in [9.17, 15) is 9.90 Å². The lowest BCUT2D eigenvalue weighted by molar-refractivity contribution is -0.130. The first-order valence-electron chi connectivity index (χ1n) is 7.67. The Bertz CT molecular complexity index is 730. The summed E-state index contributed by atoms with van der Waals surface area (Å²) in [5, 5.41) is 15.0. The SMILES string of the molecule is COc1ccc([C@H]2c3c(noc3C)C[C@](C)(O)[C@H]2C(C)=O)cc1. The highest BCUT2D eigenvalue weighted by atomic mass is 16.5. The zero-order chi connectivity index (χ0) is 16.8. The second-order valence-electron chi connectivity index (χ2n) is 6.47. The van der Waals surface area contributed by atoms with Crippen molar-refractivity contribution < 1.29 is 19.2 Å². The minimum atomic E-state index is -1.16. The van der Waals surface area contributed by atoms with Gasteiger partial charge in [0, 0.05) is 17.9 Å². The molecule has 0 bridgehead atoms. The molecule has 0 unspecified atom stereocenters. The van der Waals surface area contributed by atoms with Crippen LogP contribution in [0, 0.1) is 12.8 Å². The van der Waals surface area contributed by atoms with E-state index in [0.29, 0.717) is 12.2 Å². The Kier molecular flexibility index (Phi) is 3.76. The summed E-state index contributed by atoms with van der Waals surface area (Å²) in [6.45, 7) is 5.08. The number of ketones is 1. The Labute approximate surface area is 135 Å². The molecule has 0 amide bonds. The van der Waals surface area contributed by atoms with Crippen LogP contribution in [0.3, 0.4) is 0 Å². The van der Waals surface area contributed by atoms with E-state index in [1.54, 1.807) is 14.0 Å². The van der Waals surface area contributed by atoms with E-state index in [0.717, 1.165) is 22.6 Å². The average Bonchev–Trinajstić information content (AvgIpc) is 2.85. The molecule has 0 aliphatic heterocycles. The fourth-order valence-electron chi connectivity index (χ4n) is 3.77. The molecule has 5 nitrogen and oxygen atoms in total. The Morgan fingerprint density at radius 2 is 2.04 bits per heavy atom. The van der Waals surface area contributed by atoms with Gasteiger partial charge in [0.2, 0.25) is 0 Å². The van der Waals surface area contributed by atoms with Crippen LogP contribution in [0.4, 0.5) is 0 Å². The minimum Gasteiger partial charge on any atom is -0.497 e. The molecule has 0 radical (unpaired) electrons. The van der Waals surface area contributed by atoms with Gasteiger partial charge in [0.15, 0.2) is 0 Å². The molecule has 3 rings (SSSR count). The Balaban J connectivity index is 2.19. The minimum absolute atomic E-state index is 0.0398. The summed E-state index contributed by atoms with van der Waals surface area (Å²) in [7, 11) is 1.61. The molecule has 1 aromatic heterocycles. The summed E-state index contributed by atoms with van der Waals surface area (Å²) in [4.78, 5) is 12.3. The number of hydrogen-bond donors (Lipinski definition) is 1. The number of rotatable bonds is 3. The van der Waals surface area contributed by atoms with Gasteiger partial charge >= 0.3 is 0 Å². The van der Waals surface area contributed by atoms with Crippen LogP contribution in [0.15, 0.2) is 28.8 Å². The number of methoxy groups -OCH3 is 1. The first kappa shape index (κ1) is 15.7. The van der Waals surface area contributed by atoms with E-state index in [1.807, 2.05) is 31.2 Å². The zero-order valence-corrected chi connectivity index (χ0v) is 13.8. The predicted octanol–water partition coefficient (Wildman–Crippen LogP) is 2.64. The van der Waals surface area contributed by atoms with Crippen LogP contribution in [-0.4, -0.2) is 28.8 Å². The number of benzene rings is 1. The molecule has 1 N–H and O–H groups in total. The number of aromatic nitrogens is 1. The lowest BCUT2D eigenvalue weighted by atomic mass is 9.64. The highest BCUT2D eigenvalue weighted by Crippen LogP contribution is 2.47. The second-order valence-corrected chi connectivity index (χ2v) is 6.47. The van der Waals surface area contributed by atoms with E-state index in [-0.39, 0.29) is 11.7 Å². The highest BCUT2D eigenvalue weighted by Gasteiger charge is 2.49. The summed E-state index contributed by atoms with van der Waals surface area (Å²) in [5.41, 5.74) is 1.43. The van der Waals surface area contributed by atoms with Gasteiger partial charge in [-0.2, -0.15) is 0 Å². The van der Waals surface area contributed by atoms with E-state index < -0.39 is 11.5 Å². The van der Waals surface area contributed by atoms with E-state index in [2.05, 4.69) is 5.16 Å². The van der Waals surface area contributed by atoms with Gasteiger partial charge < -0.3 is 14.4 Å². The molecule has 1 aromatic carbocycles. The summed E-state index contributed by atoms with van der Waals surface area (Å²) >= 11 is 0. The third-order valence-electron chi connectivity index (χ3n) is 4.74. The number of Topliss-reactive ketones (excluding diaryl/α,β-unsaturated/α-hetero) is 1. The van der Waals surface area contributed by atoms with Crippen molar-refractivity contribution in [1.29, 1.82) is 0 Å². The molecule has 0 saturated heterocycles. The van der Waals surface area contributed by atoms with Crippen LogP contribution in [0.2, 0.25) is 0 Å². The summed E-state index contributed by atoms with van der Waals surface area (Å²) < 4.78 is 10.5. The number of fused-ring (bicyclic) bond motifs is 1. The molecule has 23 heavy (non-hydrogen) atoms. The molecular formula is C18H21NO4. The molecule has 1 aliphatic rings. The number of carbonyl (C=O) groups is 1. The van der Waals surface area contributed by atoms with Crippen LogP contribution < -0.4 is 4.74 Å². The highest BCUT2D eigenvalue weighted by molar-refractivity contribution is 5.82. The maximum Gasteiger partial charge on any atom is 0.137 e. The van der Waals surface area contributed by atoms with Crippen molar-refractivity contribution in [1.82, 2.24) is 5.16 Å². The number of ether oxygens (including phenoxy) is 1. The van der Waals surface area contributed by atoms with E-state index >= 15 is 0 Å². The maximum atomic E-state index is 12.3. The fourth-order valence-corrected chi connectivity index (χ4v) is 3.77. The molecular weight excluding hydrogens is 294 g/mol. The molecule has 0 saturated carbocycles. The molecule has 2 aromatic rings. The number of aryl methyl sites for hydroxylation is 1. The number of carbonyl (C=O) groups excluding carboxylic acids is 1. The monoisotopic (exact) mass is 315 g/mol. The van der Waals surface area contributed by atoms with Crippen molar-refractivity contribution in [2.24, 2.45) is 5.92 Å². The van der Waals surface area contributed by atoms with E-state index in [4.69, 9.17) is 9.26 Å². The lowest BCUT2D eigenvalue weighted by Crippen LogP contribution is -2.48. The molecule has 0 fully saturated rings. The fraction of sp³-hybridized carbons (Fsp3) is 0.444. The maximum absolute atomic E-state index is 12.3. The van der Waals surface area contributed by atoms with Gasteiger partial charge in [0.05, 0.1) is 24.3 Å². The van der Waals surface area contributed by atoms with Crippen molar-refractivity contribution in [3.05, 3.63) is 46.8 Å². The number of nitrogens with zero attached hydrogens (tertiary/aromatic N) is 1. The van der Waals surface area contributed by atoms with Crippen LogP contribution in [0.25, 0.3) is 0 Å². The summed E-state index contributed by atoms with van der Waals surface area (Å²) in [6, 6.07) is 7.57. The van der Waals surface area contributed by atoms with E-state index in [1.165, 1.54) is 6.92 Å². The van der Waals surface area contributed by atoms with Crippen molar-refractivity contribution in [2.75, 3.05) is 7.11 Å². The van der Waals surface area contributed by atoms with Crippen molar-refractivity contribution in [3.8, 4) is 5.75 Å². The lowest BCUT2D eigenvalue weighted by Gasteiger charge is -2.40. The van der Waals surface area contributed by atoms with Gasteiger partial charge in [0.1, 0.15) is 17.3 Å². The first-order chi connectivity index (χ1) is 10.8. The van der Waals surface area contributed by atoms with Crippen molar-refractivity contribution in [3.63, 3.8) is 0 Å². The molecule has 122 valence electrons. The predicted molar refractivity (Wildman–Crippen MR) is 84.6 cm³/mol. The van der Waals surface area contributed by atoms with Gasteiger partial charge in [-0.1, -0.05) is 17.3 Å². The Morgan fingerprint density at radius 3 is 2.61 bits per heavy atom. The molecule has 1 heterocycles. The molecule has 3 atom stereocenters. The zero-order valence-electron chi connectivity index (χ0n) is 13.8. The molecule has 0 spiro atoms. The van der Waals surface area contributed by atoms with Crippen molar-refractivity contribution >= 4 is 5.78 Å². The standard InChI is InChI=1S/C18H21NO4/c1-10(20)17-16(12-5-7-13(22-4)8-6-12)15-11(2)23-19-14(15)9-18(17,3)21/h5-8,16-17,21H,9H2,1-4H3/t16-,17-,18-/m0/s1. The van der Waals surface area contributed by atoms with Gasteiger partial charge in [-0.25, -0.2) is 0 Å². The van der Waals surface area contributed by atoms with Gasteiger partial charge in [-0.05, 0) is 38.5 Å². The van der Waals surface area contributed by atoms with Crippen LogP contribution >= 0.6 is 0 Å². The number of aliphatic hydroxyl groups is 1. The van der Waals surface area contributed by atoms with Crippen LogP contribution in [0.5, 0.6) is 5.75 Å². The quantitative estimate of drug-likeness (QED) is 0.942. The Morgan fingerprint density at radius 1 is 1.39 bits per heavy atom. The van der Waals surface area contributed by atoms with Crippen LogP contribution in [-0.2, 0) is 11.2 Å². The average molecular weight is 315 g/mol. The van der Waals surface area contributed by atoms with Crippen molar-refractivity contribution in [2.45, 2.75) is 38.7 Å².